The lowest BCUT2D eigenvalue weighted by Gasteiger charge is -2.27. The SMILES string of the molecule is CC[C@@H](NC(=O)CN(c1ccc(Cl)cc1C)S(=O)(=O)c1ccccc1)c1ccc2c(c1)CCCC2. The molecule has 184 valence electrons. The fourth-order valence-corrected chi connectivity index (χ4v) is 6.41. The maximum atomic E-state index is 13.6. The van der Waals surface area contributed by atoms with E-state index >= 15 is 0 Å². The van der Waals surface area contributed by atoms with E-state index in [9.17, 15) is 13.2 Å². The third-order valence-corrected chi connectivity index (χ3v) is 8.57. The van der Waals surface area contributed by atoms with Gasteiger partial charge in [0.15, 0.2) is 0 Å². The van der Waals surface area contributed by atoms with Crippen molar-refractivity contribution < 1.29 is 13.2 Å². The molecule has 0 saturated heterocycles. The van der Waals surface area contributed by atoms with E-state index < -0.39 is 10.0 Å². The van der Waals surface area contributed by atoms with Crippen molar-refractivity contribution in [2.24, 2.45) is 0 Å². The van der Waals surface area contributed by atoms with Crippen LogP contribution in [0.15, 0.2) is 71.6 Å². The molecule has 4 rings (SSSR count). The summed E-state index contributed by atoms with van der Waals surface area (Å²) in [6.45, 7) is 3.47. The molecule has 1 atom stereocenters. The topological polar surface area (TPSA) is 66.5 Å². The Morgan fingerprint density at radius 3 is 2.40 bits per heavy atom. The van der Waals surface area contributed by atoms with Crippen molar-refractivity contribution in [1.29, 1.82) is 0 Å². The summed E-state index contributed by atoms with van der Waals surface area (Å²) in [4.78, 5) is 13.4. The number of carbonyl (C=O) groups excluding carboxylic acids is 1. The van der Waals surface area contributed by atoms with Crippen LogP contribution < -0.4 is 9.62 Å². The monoisotopic (exact) mass is 510 g/mol. The van der Waals surface area contributed by atoms with Gasteiger partial charge >= 0.3 is 0 Å². The van der Waals surface area contributed by atoms with Crippen LogP contribution >= 0.6 is 11.6 Å². The lowest BCUT2D eigenvalue weighted by Crippen LogP contribution is -2.42. The highest BCUT2D eigenvalue weighted by Gasteiger charge is 2.29. The van der Waals surface area contributed by atoms with Crippen LogP contribution in [0.5, 0.6) is 0 Å². The molecule has 0 aliphatic heterocycles. The van der Waals surface area contributed by atoms with Gasteiger partial charge in [-0.25, -0.2) is 8.42 Å². The number of fused-ring (bicyclic) bond motifs is 1. The smallest absolute Gasteiger partial charge is 0.264 e. The number of nitrogens with one attached hydrogen (secondary N) is 1. The van der Waals surface area contributed by atoms with Crippen LogP contribution in [0.25, 0.3) is 0 Å². The summed E-state index contributed by atoms with van der Waals surface area (Å²) >= 11 is 6.12. The van der Waals surface area contributed by atoms with Gasteiger partial charge in [-0.3, -0.25) is 9.10 Å². The van der Waals surface area contributed by atoms with Crippen molar-refractivity contribution in [2.45, 2.75) is 56.9 Å². The highest BCUT2D eigenvalue weighted by molar-refractivity contribution is 7.92. The van der Waals surface area contributed by atoms with Crippen molar-refractivity contribution >= 4 is 33.2 Å². The predicted molar refractivity (Wildman–Crippen MR) is 141 cm³/mol. The number of anilines is 1. The zero-order valence-corrected chi connectivity index (χ0v) is 21.7. The van der Waals surface area contributed by atoms with E-state index in [0.29, 0.717) is 22.7 Å². The van der Waals surface area contributed by atoms with Crippen LogP contribution in [0, 0.1) is 6.92 Å². The van der Waals surface area contributed by atoms with E-state index in [1.54, 1.807) is 43.3 Å². The normalized spacial score (nSPS) is 14.1. The van der Waals surface area contributed by atoms with E-state index in [2.05, 4.69) is 23.5 Å². The lowest BCUT2D eigenvalue weighted by atomic mass is 9.89. The molecule has 0 fully saturated rings. The Bertz CT molecular complexity index is 1310. The molecular formula is C28H31ClN2O3S. The summed E-state index contributed by atoms with van der Waals surface area (Å²) in [6, 6.07) is 19.4. The van der Waals surface area contributed by atoms with E-state index in [1.165, 1.54) is 40.4 Å². The molecule has 5 nitrogen and oxygen atoms in total. The molecule has 0 radical (unpaired) electrons. The molecule has 35 heavy (non-hydrogen) atoms. The molecule has 0 heterocycles. The molecule has 0 aromatic heterocycles. The van der Waals surface area contributed by atoms with Gasteiger partial charge in [0, 0.05) is 5.02 Å². The minimum Gasteiger partial charge on any atom is -0.348 e. The minimum absolute atomic E-state index is 0.129. The highest BCUT2D eigenvalue weighted by atomic mass is 35.5. The zero-order chi connectivity index (χ0) is 25.0. The quantitative estimate of drug-likeness (QED) is 0.404. The molecular weight excluding hydrogens is 480 g/mol. The van der Waals surface area contributed by atoms with Gasteiger partial charge in [0.05, 0.1) is 16.6 Å². The van der Waals surface area contributed by atoms with Crippen LogP contribution in [0.1, 0.15) is 54.5 Å². The number of sulfonamides is 1. The lowest BCUT2D eigenvalue weighted by molar-refractivity contribution is -0.120. The van der Waals surface area contributed by atoms with Gasteiger partial charge in [-0.2, -0.15) is 0 Å². The molecule has 0 bridgehead atoms. The maximum Gasteiger partial charge on any atom is 0.264 e. The number of hydrogen-bond acceptors (Lipinski definition) is 3. The Balaban J connectivity index is 1.62. The molecule has 1 aliphatic rings. The summed E-state index contributed by atoms with van der Waals surface area (Å²) in [7, 11) is -3.97. The average Bonchev–Trinajstić information content (AvgIpc) is 2.86. The standard InChI is InChI=1S/C28H31ClN2O3S/c1-3-26(23-14-13-21-9-7-8-10-22(21)18-23)30-28(32)19-31(27-16-15-24(29)17-20(27)2)35(33,34)25-11-5-4-6-12-25/h4-6,11-18,26H,3,7-10,19H2,1-2H3,(H,30,32)/t26-/m1/s1. The van der Waals surface area contributed by atoms with Crippen molar-refractivity contribution in [1.82, 2.24) is 5.32 Å². The van der Waals surface area contributed by atoms with Crippen LogP contribution in [0.3, 0.4) is 0 Å². The number of rotatable bonds is 8. The van der Waals surface area contributed by atoms with Crippen molar-refractivity contribution in [3.05, 3.63) is 94.0 Å². The number of amides is 1. The van der Waals surface area contributed by atoms with Crippen molar-refractivity contribution in [2.75, 3.05) is 10.8 Å². The number of carbonyl (C=O) groups is 1. The highest BCUT2D eigenvalue weighted by Crippen LogP contribution is 2.30. The van der Waals surface area contributed by atoms with E-state index in [-0.39, 0.29) is 23.4 Å². The predicted octanol–water partition coefficient (Wildman–Crippen LogP) is 5.99. The summed E-state index contributed by atoms with van der Waals surface area (Å²) < 4.78 is 28.4. The van der Waals surface area contributed by atoms with Gasteiger partial charge < -0.3 is 5.32 Å². The number of hydrogen-bond donors (Lipinski definition) is 1. The second-order valence-electron chi connectivity index (χ2n) is 9.02. The van der Waals surface area contributed by atoms with Crippen molar-refractivity contribution in [3.63, 3.8) is 0 Å². The first-order valence-electron chi connectivity index (χ1n) is 12.0. The summed E-state index contributed by atoms with van der Waals surface area (Å²) in [6.07, 6.45) is 5.27. The summed E-state index contributed by atoms with van der Waals surface area (Å²) in [5.41, 5.74) is 4.90. The molecule has 3 aromatic carbocycles. The fourth-order valence-electron chi connectivity index (χ4n) is 4.68. The first-order valence-corrected chi connectivity index (χ1v) is 13.9. The van der Waals surface area contributed by atoms with Gasteiger partial charge in [-0.05, 0) is 91.6 Å². The zero-order valence-electron chi connectivity index (χ0n) is 20.1. The van der Waals surface area contributed by atoms with E-state index in [4.69, 9.17) is 11.6 Å². The molecule has 1 aliphatic carbocycles. The second-order valence-corrected chi connectivity index (χ2v) is 11.3. The first kappa shape index (κ1) is 25.3. The first-order chi connectivity index (χ1) is 16.8. The van der Waals surface area contributed by atoms with Gasteiger partial charge in [-0.15, -0.1) is 0 Å². The molecule has 3 aromatic rings. The maximum absolute atomic E-state index is 13.6. The van der Waals surface area contributed by atoms with Gasteiger partial charge in [0.1, 0.15) is 6.54 Å². The Hall–Kier alpha value is -2.83. The summed E-state index contributed by atoms with van der Waals surface area (Å²) in [5, 5.41) is 3.58. The van der Waals surface area contributed by atoms with Gasteiger partial charge in [0.2, 0.25) is 5.91 Å². The average molecular weight is 511 g/mol. The van der Waals surface area contributed by atoms with Crippen LogP contribution in [0.2, 0.25) is 5.02 Å². The number of aryl methyl sites for hydroxylation is 3. The van der Waals surface area contributed by atoms with Crippen LogP contribution in [-0.4, -0.2) is 20.9 Å². The summed E-state index contributed by atoms with van der Waals surface area (Å²) in [5.74, 6) is -0.358. The Morgan fingerprint density at radius 2 is 1.71 bits per heavy atom. The van der Waals surface area contributed by atoms with Gasteiger partial charge in [-0.1, -0.05) is 54.9 Å². The molecule has 1 amide bonds. The molecule has 7 heteroatoms. The minimum atomic E-state index is -3.97. The largest absolute Gasteiger partial charge is 0.348 e. The molecule has 0 unspecified atom stereocenters. The third-order valence-electron chi connectivity index (χ3n) is 6.56. The number of halogens is 1. The fraction of sp³-hybridized carbons (Fsp3) is 0.321. The van der Waals surface area contributed by atoms with Crippen LogP contribution in [-0.2, 0) is 27.7 Å². The Kier molecular flexibility index (Phi) is 7.82. The van der Waals surface area contributed by atoms with Gasteiger partial charge in [0.25, 0.3) is 10.0 Å². The van der Waals surface area contributed by atoms with Crippen LogP contribution in [0.4, 0.5) is 5.69 Å². The third kappa shape index (κ3) is 5.71. The molecule has 1 N–H and O–H groups in total. The van der Waals surface area contributed by atoms with Crippen molar-refractivity contribution in [3.8, 4) is 0 Å². The van der Waals surface area contributed by atoms with E-state index in [1.807, 2.05) is 6.92 Å². The molecule has 0 spiro atoms. The Labute approximate surface area is 213 Å². The molecule has 0 saturated carbocycles. The second kappa shape index (κ2) is 10.8. The van der Waals surface area contributed by atoms with E-state index in [0.717, 1.165) is 18.4 Å². The number of nitrogens with zero attached hydrogens (tertiary/aromatic N) is 1. The number of benzene rings is 3. The Morgan fingerprint density at radius 1 is 1.00 bits per heavy atom.